The first-order valence-electron chi connectivity index (χ1n) is 5.42. The highest BCUT2D eigenvalue weighted by Crippen LogP contribution is 2.39. The molecule has 0 aromatic rings. The molecule has 0 aromatic heterocycles. The summed E-state index contributed by atoms with van der Waals surface area (Å²) in [5.41, 5.74) is 1.35. The lowest BCUT2D eigenvalue weighted by Crippen LogP contribution is -2.44. The van der Waals surface area contributed by atoms with Gasteiger partial charge in [-0.05, 0) is 39.5 Å². The molecule has 2 aliphatic rings. The Balaban J connectivity index is 2.30. The molecule has 0 aromatic carbocycles. The lowest BCUT2D eigenvalue weighted by atomic mass is 9.91. The van der Waals surface area contributed by atoms with E-state index in [4.69, 9.17) is 11.6 Å². The standard InChI is InChI=1S/C13H18ClN/c1-9-5-6-11-10(12(9)14)7-8-15(11)13(2,3)4/h5-8,10-11H,1-4H3. The van der Waals surface area contributed by atoms with Crippen LogP contribution in [0.15, 0.2) is 35.0 Å². The van der Waals surface area contributed by atoms with Crippen molar-refractivity contribution in [3.63, 3.8) is 0 Å². The van der Waals surface area contributed by atoms with Crippen LogP contribution in [-0.2, 0) is 0 Å². The van der Waals surface area contributed by atoms with Gasteiger partial charge < -0.3 is 4.90 Å². The molecule has 2 rings (SSSR count). The average molecular weight is 224 g/mol. The molecule has 2 heteroatoms. The zero-order chi connectivity index (χ0) is 11.2. The van der Waals surface area contributed by atoms with Gasteiger partial charge in [-0.3, -0.25) is 0 Å². The third kappa shape index (κ3) is 1.74. The number of hydrogen-bond donors (Lipinski definition) is 0. The van der Waals surface area contributed by atoms with Crippen molar-refractivity contribution in [1.29, 1.82) is 0 Å². The SMILES string of the molecule is CC1=C(Cl)C2C=CN(C(C)(C)C)C2C=C1. The third-order valence-electron chi connectivity index (χ3n) is 3.13. The van der Waals surface area contributed by atoms with Crippen molar-refractivity contribution in [2.75, 3.05) is 0 Å². The summed E-state index contributed by atoms with van der Waals surface area (Å²) < 4.78 is 0. The predicted molar refractivity (Wildman–Crippen MR) is 65.7 cm³/mol. The number of rotatable bonds is 0. The summed E-state index contributed by atoms with van der Waals surface area (Å²) in [6.45, 7) is 8.76. The first-order chi connectivity index (χ1) is 6.91. The number of nitrogens with zero attached hydrogens (tertiary/aromatic N) is 1. The van der Waals surface area contributed by atoms with E-state index >= 15 is 0 Å². The molecule has 0 N–H and O–H groups in total. The lowest BCUT2D eigenvalue weighted by molar-refractivity contribution is 0.172. The molecule has 0 amide bonds. The van der Waals surface area contributed by atoms with Gasteiger partial charge >= 0.3 is 0 Å². The molecule has 2 atom stereocenters. The summed E-state index contributed by atoms with van der Waals surface area (Å²) >= 11 is 6.33. The molecule has 0 fully saturated rings. The van der Waals surface area contributed by atoms with Crippen molar-refractivity contribution < 1.29 is 0 Å². The molecule has 1 aliphatic heterocycles. The molecule has 15 heavy (non-hydrogen) atoms. The van der Waals surface area contributed by atoms with Crippen LogP contribution in [0.3, 0.4) is 0 Å². The molecular formula is C13H18ClN. The molecule has 0 radical (unpaired) electrons. The molecule has 0 saturated carbocycles. The van der Waals surface area contributed by atoms with E-state index in [1.807, 2.05) is 0 Å². The van der Waals surface area contributed by atoms with E-state index in [0.717, 1.165) is 5.03 Å². The van der Waals surface area contributed by atoms with Crippen LogP contribution in [0.4, 0.5) is 0 Å². The number of halogens is 1. The summed E-state index contributed by atoms with van der Waals surface area (Å²) in [6, 6.07) is 0.404. The molecule has 1 heterocycles. The second kappa shape index (κ2) is 3.41. The van der Waals surface area contributed by atoms with Gasteiger partial charge in [0.15, 0.2) is 0 Å². The lowest BCUT2D eigenvalue weighted by Gasteiger charge is -2.39. The fourth-order valence-corrected chi connectivity index (χ4v) is 2.54. The topological polar surface area (TPSA) is 3.24 Å². The van der Waals surface area contributed by atoms with Gasteiger partial charge in [-0.1, -0.05) is 29.8 Å². The first kappa shape index (κ1) is 10.8. The zero-order valence-electron chi connectivity index (χ0n) is 9.79. The Morgan fingerprint density at radius 1 is 1.27 bits per heavy atom. The van der Waals surface area contributed by atoms with Crippen LogP contribution >= 0.6 is 11.6 Å². The Bertz CT molecular complexity index is 357. The molecule has 1 nitrogen and oxygen atoms in total. The van der Waals surface area contributed by atoms with E-state index in [9.17, 15) is 0 Å². The molecule has 1 aliphatic carbocycles. The Hall–Kier alpha value is -0.690. The van der Waals surface area contributed by atoms with Gasteiger partial charge in [-0.2, -0.15) is 0 Å². The van der Waals surface area contributed by atoms with Gasteiger partial charge in [-0.15, -0.1) is 0 Å². The van der Waals surface area contributed by atoms with E-state index in [1.165, 1.54) is 5.57 Å². The molecular weight excluding hydrogens is 206 g/mol. The second-order valence-corrected chi connectivity index (χ2v) is 5.73. The van der Waals surface area contributed by atoms with Gasteiger partial charge in [0.25, 0.3) is 0 Å². The van der Waals surface area contributed by atoms with Crippen LogP contribution in [-0.4, -0.2) is 16.5 Å². The summed E-state index contributed by atoms with van der Waals surface area (Å²) in [7, 11) is 0. The average Bonchev–Trinajstić information content (AvgIpc) is 2.54. The highest BCUT2D eigenvalue weighted by molar-refractivity contribution is 6.30. The van der Waals surface area contributed by atoms with Crippen LogP contribution < -0.4 is 0 Å². The molecule has 2 unspecified atom stereocenters. The van der Waals surface area contributed by atoms with Crippen molar-refractivity contribution in [3.05, 3.63) is 35.0 Å². The Labute approximate surface area is 97.1 Å². The van der Waals surface area contributed by atoms with Gasteiger partial charge in [0, 0.05) is 16.5 Å². The summed E-state index contributed by atoms with van der Waals surface area (Å²) in [5.74, 6) is 0.357. The van der Waals surface area contributed by atoms with E-state index in [2.05, 4.69) is 57.0 Å². The van der Waals surface area contributed by atoms with Crippen LogP contribution in [0.1, 0.15) is 27.7 Å². The third-order valence-corrected chi connectivity index (χ3v) is 3.68. The normalized spacial score (nSPS) is 30.1. The highest BCUT2D eigenvalue weighted by Gasteiger charge is 2.36. The van der Waals surface area contributed by atoms with Crippen molar-refractivity contribution in [1.82, 2.24) is 4.90 Å². The van der Waals surface area contributed by atoms with Gasteiger partial charge in [-0.25, -0.2) is 0 Å². The van der Waals surface area contributed by atoms with Crippen molar-refractivity contribution in [3.8, 4) is 0 Å². The summed E-state index contributed by atoms with van der Waals surface area (Å²) in [5, 5.41) is 0.991. The molecule has 0 spiro atoms. The van der Waals surface area contributed by atoms with E-state index in [-0.39, 0.29) is 5.54 Å². The highest BCUT2D eigenvalue weighted by atomic mass is 35.5. The largest absolute Gasteiger partial charge is 0.366 e. The van der Waals surface area contributed by atoms with Crippen LogP contribution in [0.2, 0.25) is 0 Å². The van der Waals surface area contributed by atoms with Crippen LogP contribution in [0, 0.1) is 5.92 Å². The van der Waals surface area contributed by atoms with E-state index in [0.29, 0.717) is 12.0 Å². The number of allylic oxidation sites excluding steroid dienone is 2. The maximum absolute atomic E-state index is 6.33. The number of fused-ring (bicyclic) bond motifs is 1. The maximum atomic E-state index is 6.33. The van der Waals surface area contributed by atoms with Gasteiger partial charge in [0.05, 0.1) is 6.04 Å². The Morgan fingerprint density at radius 3 is 2.53 bits per heavy atom. The summed E-state index contributed by atoms with van der Waals surface area (Å²) in [6.07, 6.45) is 8.79. The van der Waals surface area contributed by atoms with Gasteiger partial charge in [0.1, 0.15) is 0 Å². The van der Waals surface area contributed by atoms with E-state index < -0.39 is 0 Å². The minimum absolute atomic E-state index is 0.155. The Morgan fingerprint density at radius 2 is 1.93 bits per heavy atom. The smallest absolute Gasteiger partial charge is 0.0588 e. The Kier molecular flexibility index (Phi) is 2.46. The zero-order valence-corrected chi connectivity index (χ0v) is 10.5. The van der Waals surface area contributed by atoms with Crippen molar-refractivity contribution >= 4 is 11.6 Å². The number of hydrogen-bond acceptors (Lipinski definition) is 1. The van der Waals surface area contributed by atoms with Crippen molar-refractivity contribution in [2.24, 2.45) is 5.92 Å². The molecule has 0 bridgehead atoms. The monoisotopic (exact) mass is 223 g/mol. The fraction of sp³-hybridized carbons (Fsp3) is 0.538. The van der Waals surface area contributed by atoms with Crippen molar-refractivity contribution in [2.45, 2.75) is 39.3 Å². The quantitative estimate of drug-likeness (QED) is 0.606. The predicted octanol–water partition coefficient (Wildman–Crippen LogP) is 3.68. The first-order valence-corrected chi connectivity index (χ1v) is 5.80. The van der Waals surface area contributed by atoms with Crippen LogP contribution in [0.25, 0.3) is 0 Å². The molecule has 0 saturated heterocycles. The van der Waals surface area contributed by atoms with E-state index in [1.54, 1.807) is 0 Å². The molecule has 82 valence electrons. The maximum Gasteiger partial charge on any atom is 0.0588 e. The minimum atomic E-state index is 0.155. The van der Waals surface area contributed by atoms with Crippen LogP contribution in [0.5, 0.6) is 0 Å². The minimum Gasteiger partial charge on any atom is -0.366 e. The second-order valence-electron chi connectivity index (χ2n) is 5.33. The van der Waals surface area contributed by atoms with Gasteiger partial charge in [0.2, 0.25) is 0 Å². The summed E-state index contributed by atoms with van der Waals surface area (Å²) in [4.78, 5) is 2.38. The fourth-order valence-electron chi connectivity index (χ4n) is 2.27.